The Hall–Kier alpha value is -2.53. The molecule has 1 fully saturated rings. The van der Waals surface area contributed by atoms with E-state index in [0.29, 0.717) is 19.7 Å². The molecule has 0 saturated carbocycles. The number of ether oxygens (including phenoxy) is 1. The number of hydrogen-bond acceptors (Lipinski definition) is 3. The highest BCUT2D eigenvalue weighted by Crippen LogP contribution is 2.23. The first kappa shape index (κ1) is 21.2. The van der Waals surface area contributed by atoms with Gasteiger partial charge in [-0.2, -0.15) is 0 Å². The van der Waals surface area contributed by atoms with Crippen molar-refractivity contribution < 1.29 is 14.4 Å². The summed E-state index contributed by atoms with van der Waals surface area (Å²) in [7, 11) is 0. The quantitative estimate of drug-likeness (QED) is 0.670. The number of rotatable bonds is 8. The van der Waals surface area contributed by atoms with Crippen LogP contribution in [0.2, 0.25) is 0 Å². The lowest BCUT2D eigenvalue weighted by Gasteiger charge is -2.33. The van der Waals surface area contributed by atoms with Crippen LogP contribution in [0, 0.1) is 20.8 Å². The summed E-state index contributed by atoms with van der Waals surface area (Å²) in [6, 6.07) is 14.8. The number of nitrogens with zero attached hydrogens (tertiary/aromatic N) is 1. The monoisotopic (exact) mass is 396 g/mol. The molecule has 1 aliphatic heterocycles. The average Bonchev–Trinajstić information content (AvgIpc) is 2.72. The smallest absolute Gasteiger partial charge is 0.275 e. The van der Waals surface area contributed by atoms with Crippen LogP contribution in [0.25, 0.3) is 0 Å². The third-order valence-corrected chi connectivity index (χ3v) is 5.67. The van der Waals surface area contributed by atoms with Crippen molar-refractivity contribution in [2.45, 2.75) is 27.2 Å². The third kappa shape index (κ3) is 6.23. The van der Waals surface area contributed by atoms with Gasteiger partial charge in [0.15, 0.2) is 6.54 Å². The zero-order valence-corrected chi connectivity index (χ0v) is 18.0. The van der Waals surface area contributed by atoms with Gasteiger partial charge in [0.1, 0.15) is 5.75 Å². The van der Waals surface area contributed by atoms with Gasteiger partial charge in [-0.15, -0.1) is 0 Å². The second kappa shape index (κ2) is 10.3. The number of nitrogens with one attached hydrogen (secondary N) is 2. The molecule has 3 rings (SSSR count). The Morgan fingerprint density at radius 1 is 1.10 bits per heavy atom. The normalized spacial score (nSPS) is 14.7. The molecule has 2 aromatic carbocycles. The van der Waals surface area contributed by atoms with Crippen LogP contribution in [-0.2, 0) is 4.79 Å². The molecular weight excluding hydrogens is 362 g/mol. The SMILES string of the molecule is Cc1cc(C)c(C)c(OCCCNC(=O)C[NH+]2CCN(c3ccccc3)CC2)c1. The molecule has 1 heterocycles. The lowest BCUT2D eigenvalue weighted by atomic mass is 10.1. The Labute approximate surface area is 174 Å². The second-order valence-electron chi connectivity index (χ2n) is 8.01. The summed E-state index contributed by atoms with van der Waals surface area (Å²) in [4.78, 5) is 16.0. The van der Waals surface area contributed by atoms with Gasteiger partial charge >= 0.3 is 0 Å². The van der Waals surface area contributed by atoms with Crippen molar-refractivity contribution in [3.05, 3.63) is 59.2 Å². The van der Waals surface area contributed by atoms with Gasteiger partial charge in [-0.3, -0.25) is 4.79 Å². The van der Waals surface area contributed by atoms with Gasteiger partial charge in [0, 0.05) is 12.2 Å². The average molecular weight is 397 g/mol. The zero-order chi connectivity index (χ0) is 20.6. The fourth-order valence-corrected chi connectivity index (χ4v) is 3.82. The summed E-state index contributed by atoms with van der Waals surface area (Å²) >= 11 is 0. The van der Waals surface area contributed by atoms with Gasteiger partial charge in [0.05, 0.1) is 32.8 Å². The van der Waals surface area contributed by atoms with Crippen LogP contribution in [0.15, 0.2) is 42.5 Å². The molecule has 29 heavy (non-hydrogen) atoms. The first-order valence-corrected chi connectivity index (χ1v) is 10.6. The maximum Gasteiger partial charge on any atom is 0.275 e. The lowest BCUT2D eigenvalue weighted by Crippen LogP contribution is -3.15. The highest BCUT2D eigenvalue weighted by Gasteiger charge is 2.22. The minimum Gasteiger partial charge on any atom is -0.493 e. The molecule has 156 valence electrons. The van der Waals surface area contributed by atoms with E-state index in [9.17, 15) is 4.79 Å². The van der Waals surface area contributed by atoms with Crippen LogP contribution in [-0.4, -0.2) is 51.8 Å². The van der Waals surface area contributed by atoms with E-state index in [1.807, 2.05) is 6.07 Å². The molecule has 1 aliphatic rings. The summed E-state index contributed by atoms with van der Waals surface area (Å²) in [5.41, 5.74) is 4.93. The predicted molar refractivity (Wildman–Crippen MR) is 118 cm³/mol. The van der Waals surface area contributed by atoms with Crippen molar-refractivity contribution in [3.8, 4) is 5.75 Å². The van der Waals surface area contributed by atoms with Crippen LogP contribution in [0.5, 0.6) is 5.75 Å². The molecule has 0 aromatic heterocycles. The molecule has 0 radical (unpaired) electrons. The van der Waals surface area contributed by atoms with Gasteiger partial charge < -0.3 is 19.9 Å². The Bertz CT molecular complexity index is 799. The molecule has 5 heteroatoms. The fraction of sp³-hybridized carbons (Fsp3) is 0.458. The second-order valence-corrected chi connectivity index (χ2v) is 8.01. The van der Waals surface area contributed by atoms with E-state index in [1.165, 1.54) is 27.3 Å². The van der Waals surface area contributed by atoms with E-state index < -0.39 is 0 Å². The third-order valence-electron chi connectivity index (χ3n) is 5.67. The van der Waals surface area contributed by atoms with Crippen molar-refractivity contribution in [2.75, 3.05) is 50.8 Å². The van der Waals surface area contributed by atoms with Gasteiger partial charge in [-0.1, -0.05) is 24.3 Å². The van der Waals surface area contributed by atoms with Crippen molar-refractivity contribution in [1.29, 1.82) is 0 Å². The van der Waals surface area contributed by atoms with Crippen molar-refractivity contribution >= 4 is 11.6 Å². The number of amides is 1. The Balaban J connectivity index is 1.31. The maximum absolute atomic E-state index is 12.3. The van der Waals surface area contributed by atoms with E-state index >= 15 is 0 Å². The van der Waals surface area contributed by atoms with E-state index in [1.54, 1.807) is 0 Å². The highest BCUT2D eigenvalue weighted by atomic mass is 16.5. The molecule has 0 unspecified atom stereocenters. The summed E-state index contributed by atoms with van der Waals surface area (Å²) in [5.74, 6) is 1.09. The first-order valence-electron chi connectivity index (χ1n) is 10.6. The Morgan fingerprint density at radius 2 is 1.83 bits per heavy atom. The molecule has 0 atom stereocenters. The Kier molecular flexibility index (Phi) is 7.53. The minimum absolute atomic E-state index is 0.135. The molecule has 2 N–H and O–H groups in total. The van der Waals surface area contributed by atoms with Gasteiger partial charge in [-0.25, -0.2) is 0 Å². The van der Waals surface area contributed by atoms with Crippen molar-refractivity contribution in [3.63, 3.8) is 0 Å². The number of benzene rings is 2. The predicted octanol–water partition coefficient (Wildman–Crippen LogP) is 1.90. The molecule has 2 aromatic rings. The highest BCUT2D eigenvalue weighted by molar-refractivity contribution is 5.76. The van der Waals surface area contributed by atoms with Crippen LogP contribution < -0.4 is 19.9 Å². The van der Waals surface area contributed by atoms with E-state index in [4.69, 9.17) is 4.74 Å². The summed E-state index contributed by atoms with van der Waals surface area (Å²) in [6.07, 6.45) is 0.815. The summed E-state index contributed by atoms with van der Waals surface area (Å²) < 4.78 is 5.92. The summed E-state index contributed by atoms with van der Waals surface area (Å²) in [5, 5.41) is 3.04. The molecule has 0 aliphatic carbocycles. The van der Waals surface area contributed by atoms with Crippen LogP contribution in [0.1, 0.15) is 23.1 Å². The molecule has 5 nitrogen and oxygen atoms in total. The number of para-hydroxylation sites is 1. The fourth-order valence-electron chi connectivity index (χ4n) is 3.82. The Morgan fingerprint density at radius 3 is 2.55 bits per heavy atom. The number of quaternary nitrogens is 1. The van der Waals surface area contributed by atoms with Gasteiger partial charge in [-0.05, 0) is 62.1 Å². The van der Waals surface area contributed by atoms with E-state index in [-0.39, 0.29) is 5.91 Å². The van der Waals surface area contributed by atoms with Gasteiger partial charge in [0.25, 0.3) is 5.91 Å². The number of piperazine rings is 1. The lowest BCUT2D eigenvalue weighted by molar-refractivity contribution is -0.892. The zero-order valence-electron chi connectivity index (χ0n) is 18.0. The number of anilines is 1. The molecule has 1 amide bonds. The molecule has 0 spiro atoms. The molecular formula is C24H34N3O2+. The van der Waals surface area contributed by atoms with Gasteiger partial charge in [0.2, 0.25) is 0 Å². The maximum atomic E-state index is 12.3. The number of aryl methyl sites for hydroxylation is 2. The van der Waals surface area contributed by atoms with Crippen molar-refractivity contribution in [2.24, 2.45) is 0 Å². The number of carbonyl (C=O) groups excluding carboxylic acids is 1. The number of hydrogen-bond donors (Lipinski definition) is 2. The largest absolute Gasteiger partial charge is 0.493 e. The topological polar surface area (TPSA) is 46.0 Å². The molecule has 0 bridgehead atoms. The number of carbonyl (C=O) groups is 1. The van der Waals surface area contributed by atoms with Crippen LogP contribution in [0.4, 0.5) is 5.69 Å². The summed E-state index contributed by atoms with van der Waals surface area (Å²) in [6.45, 7) is 12.1. The standard InChI is InChI=1S/C24H33N3O2/c1-19-16-20(2)21(3)23(17-19)29-15-7-10-25-24(28)18-26-11-13-27(14-12-26)22-8-5-4-6-9-22/h4-6,8-9,16-17H,7,10-15,18H2,1-3H3,(H,25,28)/p+1. The van der Waals surface area contributed by atoms with Crippen molar-refractivity contribution in [1.82, 2.24) is 5.32 Å². The van der Waals surface area contributed by atoms with E-state index in [2.05, 4.69) is 67.4 Å². The van der Waals surface area contributed by atoms with Crippen LogP contribution >= 0.6 is 0 Å². The minimum atomic E-state index is 0.135. The van der Waals surface area contributed by atoms with Crippen LogP contribution in [0.3, 0.4) is 0 Å². The molecule has 1 saturated heterocycles. The van der Waals surface area contributed by atoms with E-state index in [0.717, 1.165) is 38.3 Å². The first-order chi connectivity index (χ1) is 14.0.